The standard InChI is InChI=1S/C8H14F3N3O2/c1-14(5-2-12-3-6(5)15)7(16)13-4-8(9,10)11/h5-6,12,15H,2-4H2,1H3,(H,13,16)/t5-,6-/m1/s1. The fraction of sp³-hybridized carbons (Fsp3) is 0.875. The summed E-state index contributed by atoms with van der Waals surface area (Å²) < 4.78 is 35.5. The highest BCUT2D eigenvalue weighted by Crippen LogP contribution is 2.13. The Balaban J connectivity index is 2.41. The van der Waals surface area contributed by atoms with Crippen LogP contribution in [0.3, 0.4) is 0 Å². The van der Waals surface area contributed by atoms with Crippen molar-refractivity contribution in [1.29, 1.82) is 0 Å². The van der Waals surface area contributed by atoms with Crippen molar-refractivity contribution < 1.29 is 23.1 Å². The fourth-order valence-electron chi connectivity index (χ4n) is 1.50. The van der Waals surface area contributed by atoms with Crippen LogP contribution < -0.4 is 10.6 Å². The van der Waals surface area contributed by atoms with Crippen LogP contribution in [0, 0.1) is 0 Å². The van der Waals surface area contributed by atoms with E-state index in [4.69, 9.17) is 0 Å². The van der Waals surface area contributed by atoms with Gasteiger partial charge in [-0.15, -0.1) is 0 Å². The minimum Gasteiger partial charge on any atom is -0.390 e. The van der Waals surface area contributed by atoms with Crippen LogP contribution in [0.4, 0.5) is 18.0 Å². The molecule has 1 rings (SSSR count). The van der Waals surface area contributed by atoms with E-state index in [0.29, 0.717) is 13.1 Å². The van der Waals surface area contributed by atoms with Gasteiger partial charge in [0.25, 0.3) is 0 Å². The van der Waals surface area contributed by atoms with Crippen LogP contribution in [0.1, 0.15) is 0 Å². The van der Waals surface area contributed by atoms with Crippen LogP contribution in [0.25, 0.3) is 0 Å². The van der Waals surface area contributed by atoms with Gasteiger partial charge in [0.2, 0.25) is 0 Å². The van der Waals surface area contributed by atoms with Gasteiger partial charge >= 0.3 is 12.2 Å². The summed E-state index contributed by atoms with van der Waals surface area (Å²) in [6.45, 7) is -0.662. The molecule has 1 fully saturated rings. The number of aliphatic hydroxyl groups is 1. The highest BCUT2D eigenvalue weighted by Gasteiger charge is 2.33. The topological polar surface area (TPSA) is 64.6 Å². The molecule has 0 aromatic rings. The molecule has 0 aromatic carbocycles. The molecule has 5 nitrogen and oxygen atoms in total. The molecule has 2 atom stereocenters. The summed E-state index contributed by atoms with van der Waals surface area (Å²) in [7, 11) is 1.35. The van der Waals surface area contributed by atoms with E-state index in [0.717, 1.165) is 4.90 Å². The third-order valence-corrected chi connectivity index (χ3v) is 2.41. The molecule has 0 spiro atoms. The summed E-state index contributed by atoms with van der Waals surface area (Å²) in [6, 6.07) is -1.33. The van der Waals surface area contributed by atoms with Crippen molar-refractivity contribution in [3.8, 4) is 0 Å². The average Bonchev–Trinajstić information content (AvgIpc) is 2.58. The first-order valence-electron chi connectivity index (χ1n) is 4.77. The number of β-amino-alcohol motifs (C(OH)–C–C–N with tert-alkyl or cyclic N) is 1. The predicted molar refractivity (Wildman–Crippen MR) is 49.9 cm³/mol. The molecule has 1 heterocycles. The second-order valence-electron chi connectivity index (χ2n) is 3.68. The first kappa shape index (κ1) is 13.0. The number of likely N-dealkylation sites (N-methyl/N-ethyl adjacent to an activating group) is 1. The fourth-order valence-corrected chi connectivity index (χ4v) is 1.50. The summed E-state index contributed by atoms with van der Waals surface area (Å²) in [5, 5.41) is 14.0. The van der Waals surface area contributed by atoms with Crippen LogP contribution in [0.15, 0.2) is 0 Å². The SMILES string of the molecule is CN(C(=O)NCC(F)(F)F)[C@@H]1CNC[C@H]1O. The van der Waals surface area contributed by atoms with Crippen molar-refractivity contribution in [2.24, 2.45) is 0 Å². The summed E-state index contributed by atoms with van der Waals surface area (Å²) in [5.74, 6) is 0. The zero-order valence-electron chi connectivity index (χ0n) is 8.71. The Bertz CT molecular complexity index is 259. The Morgan fingerprint density at radius 2 is 2.19 bits per heavy atom. The normalized spacial score (nSPS) is 25.6. The van der Waals surface area contributed by atoms with Crippen LogP contribution in [0.5, 0.6) is 0 Å². The lowest BCUT2D eigenvalue weighted by Gasteiger charge is -2.26. The number of urea groups is 1. The first-order chi connectivity index (χ1) is 7.31. The highest BCUT2D eigenvalue weighted by molar-refractivity contribution is 5.74. The third kappa shape index (κ3) is 3.53. The van der Waals surface area contributed by atoms with Gasteiger partial charge in [-0.05, 0) is 0 Å². The summed E-state index contributed by atoms with van der Waals surface area (Å²) in [5.41, 5.74) is 0. The summed E-state index contributed by atoms with van der Waals surface area (Å²) in [4.78, 5) is 12.4. The average molecular weight is 241 g/mol. The van der Waals surface area contributed by atoms with Crippen LogP contribution in [0.2, 0.25) is 0 Å². The Labute approximate surface area is 90.6 Å². The van der Waals surface area contributed by atoms with Crippen molar-refractivity contribution in [3.05, 3.63) is 0 Å². The smallest absolute Gasteiger partial charge is 0.390 e. The van der Waals surface area contributed by atoms with E-state index >= 15 is 0 Å². The number of hydrogen-bond acceptors (Lipinski definition) is 3. The number of amides is 2. The monoisotopic (exact) mass is 241 g/mol. The number of carbonyl (C=O) groups is 1. The second-order valence-corrected chi connectivity index (χ2v) is 3.68. The molecule has 94 valence electrons. The highest BCUT2D eigenvalue weighted by atomic mass is 19.4. The number of aliphatic hydroxyl groups excluding tert-OH is 1. The van der Waals surface area contributed by atoms with Gasteiger partial charge in [-0.25, -0.2) is 4.79 Å². The van der Waals surface area contributed by atoms with E-state index in [-0.39, 0.29) is 0 Å². The molecule has 0 bridgehead atoms. The van der Waals surface area contributed by atoms with Gasteiger partial charge in [0.15, 0.2) is 0 Å². The van der Waals surface area contributed by atoms with Gasteiger partial charge in [0.05, 0.1) is 12.1 Å². The molecular weight excluding hydrogens is 227 g/mol. The van der Waals surface area contributed by atoms with Gasteiger partial charge in [-0.2, -0.15) is 13.2 Å². The quantitative estimate of drug-likeness (QED) is 0.612. The largest absolute Gasteiger partial charge is 0.405 e. The third-order valence-electron chi connectivity index (χ3n) is 2.41. The van der Waals surface area contributed by atoms with Crippen LogP contribution in [-0.2, 0) is 0 Å². The number of carbonyl (C=O) groups excluding carboxylic acids is 1. The van der Waals surface area contributed by atoms with E-state index in [1.165, 1.54) is 7.05 Å². The molecule has 0 unspecified atom stereocenters. The van der Waals surface area contributed by atoms with E-state index in [9.17, 15) is 23.1 Å². The Hall–Kier alpha value is -1.02. The number of nitrogens with one attached hydrogen (secondary N) is 2. The minimum atomic E-state index is -4.43. The summed E-state index contributed by atoms with van der Waals surface area (Å²) in [6.07, 6.45) is -5.18. The van der Waals surface area contributed by atoms with Crippen LogP contribution in [-0.4, -0.2) is 61.0 Å². The second kappa shape index (κ2) is 4.88. The van der Waals surface area contributed by atoms with Gasteiger partial charge in [0, 0.05) is 20.1 Å². The molecular formula is C8H14F3N3O2. The Morgan fingerprint density at radius 3 is 2.62 bits per heavy atom. The predicted octanol–water partition coefficient (Wildman–Crippen LogP) is -0.477. The maximum atomic E-state index is 11.8. The molecule has 16 heavy (non-hydrogen) atoms. The lowest BCUT2D eigenvalue weighted by Crippen LogP contribution is -2.50. The van der Waals surface area contributed by atoms with Crippen molar-refractivity contribution >= 4 is 6.03 Å². The van der Waals surface area contributed by atoms with E-state index < -0.39 is 30.9 Å². The van der Waals surface area contributed by atoms with Gasteiger partial charge in [0.1, 0.15) is 6.54 Å². The molecule has 3 N–H and O–H groups in total. The molecule has 1 saturated heterocycles. The van der Waals surface area contributed by atoms with Gasteiger partial charge in [-0.1, -0.05) is 0 Å². The number of rotatable bonds is 2. The minimum absolute atomic E-state index is 0.335. The molecule has 0 radical (unpaired) electrons. The van der Waals surface area contributed by atoms with Crippen LogP contribution >= 0.6 is 0 Å². The number of hydrogen-bond donors (Lipinski definition) is 3. The summed E-state index contributed by atoms with van der Waals surface area (Å²) >= 11 is 0. The first-order valence-corrected chi connectivity index (χ1v) is 4.77. The van der Waals surface area contributed by atoms with Crippen molar-refractivity contribution in [3.63, 3.8) is 0 Å². The molecule has 1 aliphatic heterocycles. The molecule has 8 heteroatoms. The zero-order valence-corrected chi connectivity index (χ0v) is 8.71. The van der Waals surface area contributed by atoms with E-state index in [2.05, 4.69) is 5.32 Å². The van der Waals surface area contributed by atoms with Crippen molar-refractivity contribution in [2.75, 3.05) is 26.7 Å². The lowest BCUT2D eigenvalue weighted by atomic mass is 10.2. The van der Waals surface area contributed by atoms with Crippen molar-refractivity contribution in [2.45, 2.75) is 18.3 Å². The zero-order chi connectivity index (χ0) is 12.3. The van der Waals surface area contributed by atoms with Gasteiger partial charge in [-0.3, -0.25) is 0 Å². The van der Waals surface area contributed by atoms with E-state index in [1.54, 1.807) is 5.32 Å². The van der Waals surface area contributed by atoms with Gasteiger partial charge < -0.3 is 20.6 Å². The van der Waals surface area contributed by atoms with E-state index in [1.807, 2.05) is 0 Å². The number of halogens is 3. The van der Waals surface area contributed by atoms with Crippen molar-refractivity contribution in [1.82, 2.24) is 15.5 Å². The lowest BCUT2D eigenvalue weighted by molar-refractivity contribution is -0.123. The number of nitrogens with zero attached hydrogens (tertiary/aromatic N) is 1. The molecule has 0 aromatic heterocycles. The number of alkyl halides is 3. The maximum absolute atomic E-state index is 11.8. The molecule has 2 amide bonds. The molecule has 0 saturated carbocycles. The molecule has 0 aliphatic carbocycles. The molecule has 1 aliphatic rings. The Kier molecular flexibility index (Phi) is 3.98. The Morgan fingerprint density at radius 1 is 1.56 bits per heavy atom. The maximum Gasteiger partial charge on any atom is 0.405 e.